The number of carbonyl (C=O) groups excluding carboxylic acids is 1. The van der Waals surface area contributed by atoms with Gasteiger partial charge in [-0.15, -0.1) is 0 Å². The lowest BCUT2D eigenvalue weighted by Gasteiger charge is -2.22. The Morgan fingerprint density at radius 1 is 1.45 bits per heavy atom. The highest BCUT2D eigenvalue weighted by Crippen LogP contribution is 2.27. The third-order valence-electron chi connectivity index (χ3n) is 4.24. The van der Waals surface area contributed by atoms with E-state index < -0.39 is 0 Å². The van der Waals surface area contributed by atoms with Crippen molar-refractivity contribution in [1.82, 2.24) is 20.2 Å². The Labute approximate surface area is 121 Å². The third kappa shape index (κ3) is 1.89. The number of H-pyrrole nitrogens is 1. The molecule has 0 bridgehead atoms. The Kier molecular flexibility index (Phi) is 2.72. The van der Waals surface area contributed by atoms with E-state index in [1.54, 1.807) is 0 Å². The summed E-state index contributed by atoms with van der Waals surface area (Å²) in [5.74, 6) is 1.04. The zero-order chi connectivity index (χ0) is 13.7. The largest absolute Gasteiger partial charge is 0.340 e. The highest BCUT2D eigenvalue weighted by atomic mass is 35.5. The second kappa shape index (κ2) is 4.46. The van der Waals surface area contributed by atoms with Crippen LogP contribution in [-0.2, 0) is 11.3 Å². The van der Waals surface area contributed by atoms with Crippen LogP contribution >= 0.6 is 11.6 Å². The average Bonchev–Trinajstić information content (AvgIpc) is 3.06. The van der Waals surface area contributed by atoms with Gasteiger partial charge in [0.1, 0.15) is 5.82 Å². The van der Waals surface area contributed by atoms with E-state index in [9.17, 15) is 4.79 Å². The summed E-state index contributed by atoms with van der Waals surface area (Å²) in [5.41, 5.74) is 1.80. The summed E-state index contributed by atoms with van der Waals surface area (Å²) in [6.45, 7) is 1.54. The molecule has 3 heterocycles. The van der Waals surface area contributed by atoms with Crippen molar-refractivity contribution in [3.8, 4) is 0 Å². The fourth-order valence-electron chi connectivity index (χ4n) is 3.30. The van der Waals surface area contributed by atoms with Crippen molar-refractivity contribution < 1.29 is 4.79 Å². The smallest absolute Gasteiger partial charge is 0.224 e. The molecule has 6 heteroatoms. The minimum Gasteiger partial charge on any atom is -0.340 e. The Morgan fingerprint density at radius 2 is 2.35 bits per heavy atom. The van der Waals surface area contributed by atoms with Crippen LogP contribution in [0.2, 0.25) is 5.02 Å². The predicted octanol–water partition coefficient (Wildman–Crippen LogP) is 1.68. The molecule has 1 amide bonds. The zero-order valence-electron chi connectivity index (χ0n) is 10.9. The molecule has 5 nitrogen and oxygen atoms in total. The molecule has 20 heavy (non-hydrogen) atoms. The van der Waals surface area contributed by atoms with Crippen molar-refractivity contribution in [2.75, 3.05) is 6.54 Å². The molecule has 4 rings (SSSR count). The first-order valence-electron chi connectivity index (χ1n) is 6.88. The average molecular weight is 291 g/mol. The quantitative estimate of drug-likeness (QED) is 0.885. The van der Waals surface area contributed by atoms with Gasteiger partial charge in [-0.1, -0.05) is 11.6 Å². The van der Waals surface area contributed by atoms with E-state index in [1.807, 2.05) is 23.1 Å². The number of carbonyl (C=O) groups is 1. The molecule has 2 aromatic rings. The second-order valence-electron chi connectivity index (χ2n) is 5.49. The van der Waals surface area contributed by atoms with Gasteiger partial charge in [-0.2, -0.15) is 0 Å². The number of imidazole rings is 1. The summed E-state index contributed by atoms with van der Waals surface area (Å²) >= 11 is 5.97. The van der Waals surface area contributed by atoms with Gasteiger partial charge in [0.15, 0.2) is 0 Å². The molecule has 1 aromatic carbocycles. The summed E-state index contributed by atoms with van der Waals surface area (Å²) < 4.78 is 0. The fourth-order valence-corrected chi connectivity index (χ4v) is 3.47. The van der Waals surface area contributed by atoms with E-state index >= 15 is 0 Å². The normalized spacial score (nSPS) is 25.6. The Bertz CT molecular complexity index is 683. The van der Waals surface area contributed by atoms with Crippen molar-refractivity contribution >= 4 is 28.5 Å². The summed E-state index contributed by atoms with van der Waals surface area (Å²) in [6.07, 6.45) is 1.64. The van der Waals surface area contributed by atoms with Crippen molar-refractivity contribution in [2.24, 2.45) is 0 Å². The molecule has 2 saturated heterocycles. The summed E-state index contributed by atoms with van der Waals surface area (Å²) in [4.78, 5) is 21.8. The van der Waals surface area contributed by atoms with Crippen molar-refractivity contribution in [1.29, 1.82) is 0 Å². The van der Waals surface area contributed by atoms with Gasteiger partial charge < -0.3 is 15.2 Å². The van der Waals surface area contributed by atoms with Gasteiger partial charge in [-0.3, -0.25) is 4.79 Å². The highest BCUT2D eigenvalue weighted by molar-refractivity contribution is 6.31. The maximum Gasteiger partial charge on any atom is 0.224 e. The maximum absolute atomic E-state index is 12.1. The number of halogens is 1. The second-order valence-corrected chi connectivity index (χ2v) is 5.92. The number of fused-ring (bicyclic) bond motifs is 2. The highest BCUT2D eigenvalue weighted by Gasteiger charge is 2.42. The summed E-state index contributed by atoms with van der Waals surface area (Å²) in [6, 6.07) is 6.22. The van der Waals surface area contributed by atoms with Gasteiger partial charge in [0.05, 0.1) is 17.6 Å². The number of aromatic nitrogens is 2. The minimum absolute atomic E-state index is 0.214. The fraction of sp³-hybridized carbons (Fsp3) is 0.429. The SMILES string of the molecule is O=C1C[C@H]2NCC[C@H]2N1Cc1nc2ccc(Cl)cc2[nH]1. The number of hydrogen-bond donors (Lipinski definition) is 2. The van der Waals surface area contributed by atoms with Crippen LogP contribution in [-0.4, -0.2) is 39.4 Å². The Balaban J connectivity index is 1.62. The first-order chi connectivity index (χ1) is 9.70. The van der Waals surface area contributed by atoms with Gasteiger partial charge in [0.2, 0.25) is 5.91 Å². The van der Waals surface area contributed by atoms with Gasteiger partial charge in [-0.25, -0.2) is 4.98 Å². The standard InChI is InChI=1S/C14H15ClN4O/c15-8-1-2-9-10(5-8)18-13(17-9)7-19-12-3-4-16-11(12)6-14(19)20/h1-2,5,11-12,16H,3-4,6-7H2,(H,17,18)/t11-,12-/m1/s1. The van der Waals surface area contributed by atoms with Crippen molar-refractivity contribution in [3.05, 3.63) is 29.0 Å². The molecule has 2 N–H and O–H groups in total. The minimum atomic E-state index is 0.214. The Hall–Kier alpha value is -1.59. The monoisotopic (exact) mass is 290 g/mol. The topological polar surface area (TPSA) is 61.0 Å². The molecule has 0 radical (unpaired) electrons. The molecule has 2 aliphatic rings. The lowest BCUT2D eigenvalue weighted by Crippen LogP contribution is -2.35. The van der Waals surface area contributed by atoms with Gasteiger partial charge >= 0.3 is 0 Å². The van der Waals surface area contributed by atoms with Gasteiger partial charge in [-0.05, 0) is 31.2 Å². The molecule has 0 spiro atoms. The lowest BCUT2D eigenvalue weighted by atomic mass is 10.1. The van der Waals surface area contributed by atoms with Crippen LogP contribution in [0.25, 0.3) is 11.0 Å². The Morgan fingerprint density at radius 3 is 3.25 bits per heavy atom. The summed E-state index contributed by atoms with van der Waals surface area (Å²) in [5, 5.41) is 4.07. The number of likely N-dealkylation sites (tertiary alicyclic amines) is 1. The van der Waals surface area contributed by atoms with E-state index in [-0.39, 0.29) is 5.91 Å². The summed E-state index contributed by atoms with van der Waals surface area (Å²) in [7, 11) is 0. The number of aromatic amines is 1. The van der Waals surface area contributed by atoms with Crippen molar-refractivity contribution in [3.63, 3.8) is 0 Å². The molecule has 2 fully saturated rings. The van der Waals surface area contributed by atoms with Crippen LogP contribution in [0.1, 0.15) is 18.7 Å². The van der Waals surface area contributed by atoms with Crippen LogP contribution < -0.4 is 5.32 Å². The molecule has 2 aliphatic heterocycles. The van der Waals surface area contributed by atoms with Crippen LogP contribution in [0.3, 0.4) is 0 Å². The van der Waals surface area contributed by atoms with E-state index in [4.69, 9.17) is 11.6 Å². The first-order valence-corrected chi connectivity index (χ1v) is 7.25. The van der Waals surface area contributed by atoms with Gasteiger partial charge in [0.25, 0.3) is 0 Å². The number of amides is 1. The van der Waals surface area contributed by atoms with Gasteiger partial charge in [0, 0.05) is 23.5 Å². The number of benzene rings is 1. The molecule has 1 aromatic heterocycles. The van der Waals surface area contributed by atoms with Crippen LogP contribution in [0, 0.1) is 0 Å². The first kappa shape index (κ1) is 12.2. The third-order valence-corrected chi connectivity index (χ3v) is 4.47. The number of nitrogens with one attached hydrogen (secondary N) is 2. The van der Waals surface area contributed by atoms with Crippen LogP contribution in [0.15, 0.2) is 18.2 Å². The molecule has 104 valence electrons. The van der Waals surface area contributed by atoms with E-state index in [2.05, 4.69) is 15.3 Å². The molecule has 0 saturated carbocycles. The number of nitrogens with zero attached hydrogens (tertiary/aromatic N) is 2. The predicted molar refractivity (Wildman–Crippen MR) is 76.5 cm³/mol. The van der Waals surface area contributed by atoms with E-state index in [1.165, 1.54) is 0 Å². The molecule has 2 atom stereocenters. The van der Waals surface area contributed by atoms with Crippen LogP contribution in [0.5, 0.6) is 0 Å². The lowest BCUT2D eigenvalue weighted by molar-refractivity contribution is -0.129. The van der Waals surface area contributed by atoms with E-state index in [0.29, 0.717) is 30.1 Å². The molecular weight excluding hydrogens is 276 g/mol. The number of rotatable bonds is 2. The number of hydrogen-bond acceptors (Lipinski definition) is 3. The maximum atomic E-state index is 12.1. The van der Waals surface area contributed by atoms with Crippen molar-refractivity contribution in [2.45, 2.75) is 31.5 Å². The van der Waals surface area contributed by atoms with Crippen LogP contribution in [0.4, 0.5) is 0 Å². The zero-order valence-corrected chi connectivity index (χ0v) is 11.7. The molecule has 0 unspecified atom stereocenters. The van der Waals surface area contributed by atoms with E-state index in [0.717, 1.165) is 29.8 Å². The molecule has 0 aliphatic carbocycles. The molecular formula is C14H15ClN4O.